The Morgan fingerprint density at radius 3 is 2.67 bits per heavy atom. The molecule has 6 heteroatoms. The Labute approximate surface area is 143 Å². The highest BCUT2D eigenvalue weighted by Crippen LogP contribution is 2.23. The molecule has 6 nitrogen and oxygen atoms in total. The molecule has 1 aliphatic rings. The maximum atomic E-state index is 9.59. The molecule has 0 amide bonds. The van der Waals surface area contributed by atoms with Crippen LogP contribution in [0.1, 0.15) is 19.5 Å². The molecule has 2 atom stereocenters. The minimum absolute atomic E-state index is 0.289. The molecule has 2 unspecified atom stereocenters. The molecule has 0 bridgehead atoms. The molecular formula is C18H25N5O. The number of hydrogen-bond donors (Lipinski definition) is 1. The van der Waals surface area contributed by atoms with Gasteiger partial charge in [-0.05, 0) is 32.9 Å². The molecule has 1 aliphatic heterocycles. The van der Waals surface area contributed by atoms with E-state index in [4.69, 9.17) is 4.98 Å². The van der Waals surface area contributed by atoms with Crippen LogP contribution in [0.3, 0.4) is 0 Å². The summed E-state index contributed by atoms with van der Waals surface area (Å²) in [4.78, 5) is 18.1. The van der Waals surface area contributed by atoms with E-state index < -0.39 is 0 Å². The number of β-amino-alcohol motifs (C(OH)–C–C–N with tert-alkyl or cyclic N) is 1. The molecule has 128 valence electrons. The van der Waals surface area contributed by atoms with Crippen LogP contribution in [0.15, 0.2) is 30.6 Å². The van der Waals surface area contributed by atoms with Gasteiger partial charge in [0.1, 0.15) is 5.82 Å². The van der Waals surface area contributed by atoms with Crippen LogP contribution in [0.2, 0.25) is 0 Å². The van der Waals surface area contributed by atoms with Gasteiger partial charge in [0.2, 0.25) is 0 Å². The average molecular weight is 327 g/mol. The number of anilines is 1. The van der Waals surface area contributed by atoms with E-state index in [1.807, 2.05) is 32.0 Å². The van der Waals surface area contributed by atoms with E-state index in [1.165, 1.54) is 0 Å². The zero-order valence-electron chi connectivity index (χ0n) is 14.6. The Morgan fingerprint density at radius 2 is 2.00 bits per heavy atom. The van der Waals surface area contributed by atoms with Crippen molar-refractivity contribution >= 4 is 5.82 Å². The fraction of sp³-hybridized carbons (Fsp3) is 0.500. The quantitative estimate of drug-likeness (QED) is 0.923. The van der Waals surface area contributed by atoms with E-state index in [0.717, 1.165) is 49.1 Å². The average Bonchev–Trinajstić information content (AvgIpc) is 2.54. The number of aryl methyl sites for hydroxylation is 1. The van der Waals surface area contributed by atoms with Crippen molar-refractivity contribution in [1.29, 1.82) is 0 Å². The van der Waals surface area contributed by atoms with Crippen LogP contribution in [0.4, 0.5) is 5.82 Å². The van der Waals surface area contributed by atoms with Gasteiger partial charge in [-0.15, -0.1) is 0 Å². The zero-order chi connectivity index (χ0) is 17.1. The minimum atomic E-state index is -0.289. The molecular weight excluding hydrogens is 302 g/mol. The van der Waals surface area contributed by atoms with Crippen molar-refractivity contribution in [3.63, 3.8) is 0 Å². The number of piperazine rings is 1. The summed E-state index contributed by atoms with van der Waals surface area (Å²) in [6.07, 6.45) is 3.24. The molecule has 0 saturated carbocycles. The molecule has 0 aromatic carbocycles. The van der Waals surface area contributed by atoms with Crippen LogP contribution in [0.25, 0.3) is 11.4 Å². The van der Waals surface area contributed by atoms with E-state index in [0.29, 0.717) is 6.04 Å². The van der Waals surface area contributed by atoms with Gasteiger partial charge in [0.25, 0.3) is 0 Å². The summed E-state index contributed by atoms with van der Waals surface area (Å²) in [5.41, 5.74) is 1.95. The van der Waals surface area contributed by atoms with Crippen molar-refractivity contribution in [1.82, 2.24) is 19.9 Å². The lowest BCUT2D eigenvalue weighted by Gasteiger charge is -2.41. The van der Waals surface area contributed by atoms with E-state index >= 15 is 0 Å². The lowest BCUT2D eigenvalue weighted by atomic mass is 10.1. The van der Waals surface area contributed by atoms with Crippen molar-refractivity contribution in [3.8, 4) is 11.4 Å². The van der Waals surface area contributed by atoms with Gasteiger partial charge in [-0.3, -0.25) is 9.88 Å². The number of aromatic nitrogens is 3. The standard InChI is InChI=1S/C18H25N5O/c1-13-10-17(21-18(20-13)16-4-6-19-7-5-16)23-9-8-22(11-14(23)2)12-15(3)24/h4-7,10,14-15,24H,8-9,11-12H2,1-3H3. The molecule has 24 heavy (non-hydrogen) atoms. The monoisotopic (exact) mass is 327 g/mol. The molecule has 2 aromatic heterocycles. The largest absolute Gasteiger partial charge is 0.392 e. The Bertz CT molecular complexity index is 676. The van der Waals surface area contributed by atoms with Crippen molar-refractivity contribution in [2.24, 2.45) is 0 Å². The highest BCUT2D eigenvalue weighted by Gasteiger charge is 2.25. The van der Waals surface area contributed by atoms with Crippen molar-refractivity contribution < 1.29 is 5.11 Å². The SMILES string of the molecule is Cc1cc(N2CCN(CC(C)O)CC2C)nc(-c2ccncc2)n1. The van der Waals surface area contributed by atoms with Crippen LogP contribution in [0.5, 0.6) is 0 Å². The minimum Gasteiger partial charge on any atom is -0.392 e. The first-order valence-electron chi connectivity index (χ1n) is 8.46. The molecule has 0 radical (unpaired) electrons. The molecule has 3 rings (SSSR count). The van der Waals surface area contributed by atoms with E-state index in [1.54, 1.807) is 12.4 Å². The van der Waals surface area contributed by atoms with E-state index in [2.05, 4.69) is 26.7 Å². The van der Waals surface area contributed by atoms with Crippen molar-refractivity contribution in [2.75, 3.05) is 31.1 Å². The summed E-state index contributed by atoms with van der Waals surface area (Å²) < 4.78 is 0. The van der Waals surface area contributed by atoms with Gasteiger partial charge in [-0.25, -0.2) is 9.97 Å². The predicted octanol–water partition coefficient (Wildman–Crippen LogP) is 1.74. The lowest BCUT2D eigenvalue weighted by molar-refractivity contribution is 0.114. The highest BCUT2D eigenvalue weighted by atomic mass is 16.3. The Balaban J connectivity index is 1.81. The van der Waals surface area contributed by atoms with Crippen LogP contribution in [0, 0.1) is 6.92 Å². The summed E-state index contributed by atoms with van der Waals surface area (Å²) in [5, 5.41) is 9.59. The zero-order valence-corrected chi connectivity index (χ0v) is 14.6. The second kappa shape index (κ2) is 7.23. The number of pyridine rings is 1. The number of nitrogens with zero attached hydrogens (tertiary/aromatic N) is 5. The second-order valence-electron chi connectivity index (χ2n) is 6.58. The second-order valence-corrected chi connectivity index (χ2v) is 6.58. The number of hydrogen-bond acceptors (Lipinski definition) is 6. The first-order chi connectivity index (χ1) is 11.5. The lowest BCUT2D eigenvalue weighted by Crippen LogP contribution is -2.53. The van der Waals surface area contributed by atoms with Gasteiger partial charge in [-0.1, -0.05) is 0 Å². The number of aliphatic hydroxyl groups is 1. The molecule has 0 aliphatic carbocycles. The van der Waals surface area contributed by atoms with Crippen molar-refractivity contribution in [2.45, 2.75) is 32.9 Å². The Kier molecular flexibility index (Phi) is 5.06. The van der Waals surface area contributed by atoms with Gasteiger partial charge in [0.15, 0.2) is 5.82 Å². The molecule has 1 fully saturated rings. The third-order valence-electron chi connectivity index (χ3n) is 4.31. The molecule has 0 spiro atoms. The normalized spacial score (nSPS) is 20.2. The maximum absolute atomic E-state index is 9.59. The van der Waals surface area contributed by atoms with Gasteiger partial charge >= 0.3 is 0 Å². The fourth-order valence-corrected chi connectivity index (χ4v) is 3.24. The molecule has 1 saturated heterocycles. The topological polar surface area (TPSA) is 65.4 Å². The summed E-state index contributed by atoms with van der Waals surface area (Å²) in [7, 11) is 0. The van der Waals surface area contributed by atoms with Crippen LogP contribution in [-0.4, -0.2) is 63.3 Å². The third kappa shape index (κ3) is 3.88. The van der Waals surface area contributed by atoms with Gasteiger partial charge < -0.3 is 10.0 Å². The third-order valence-corrected chi connectivity index (χ3v) is 4.31. The summed E-state index contributed by atoms with van der Waals surface area (Å²) in [6.45, 7) is 9.54. The Morgan fingerprint density at radius 1 is 1.25 bits per heavy atom. The van der Waals surface area contributed by atoms with Crippen LogP contribution in [-0.2, 0) is 0 Å². The highest BCUT2D eigenvalue weighted by molar-refractivity contribution is 5.57. The van der Waals surface area contributed by atoms with Gasteiger partial charge in [-0.2, -0.15) is 0 Å². The summed E-state index contributed by atoms with van der Waals surface area (Å²) >= 11 is 0. The van der Waals surface area contributed by atoms with E-state index in [-0.39, 0.29) is 6.10 Å². The van der Waals surface area contributed by atoms with Gasteiger partial charge in [0.05, 0.1) is 6.10 Å². The number of aliphatic hydroxyl groups excluding tert-OH is 1. The smallest absolute Gasteiger partial charge is 0.161 e. The summed E-state index contributed by atoms with van der Waals surface area (Å²) in [5.74, 6) is 1.71. The van der Waals surface area contributed by atoms with E-state index in [9.17, 15) is 5.11 Å². The van der Waals surface area contributed by atoms with Crippen molar-refractivity contribution in [3.05, 3.63) is 36.3 Å². The summed E-state index contributed by atoms with van der Waals surface area (Å²) in [6, 6.07) is 6.26. The first kappa shape index (κ1) is 16.8. The first-order valence-corrected chi connectivity index (χ1v) is 8.46. The fourth-order valence-electron chi connectivity index (χ4n) is 3.24. The van der Waals surface area contributed by atoms with Crippen LogP contribution >= 0.6 is 0 Å². The van der Waals surface area contributed by atoms with Crippen LogP contribution < -0.4 is 4.90 Å². The Hall–Kier alpha value is -2.05. The number of rotatable bonds is 4. The predicted molar refractivity (Wildman–Crippen MR) is 94.9 cm³/mol. The molecule has 3 heterocycles. The van der Waals surface area contributed by atoms with Gasteiger partial charge in [0, 0.05) is 61.9 Å². The molecule has 1 N–H and O–H groups in total. The molecule has 2 aromatic rings. The maximum Gasteiger partial charge on any atom is 0.161 e.